The normalized spacial score (nSPS) is 10.1. The number of nitrogens with zero attached hydrogens (tertiary/aromatic N) is 2. The Balaban J connectivity index is 2.14. The third-order valence-corrected chi connectivity index (χ3v) is 2.89. The molecule has 1 aromatic heterocycles. The number of anilines is 3. The number of nitrogens with one attached hydrogen (secondary N) is 2. The molecule has 0 spiro atoms. The van der Waals surface area contributed by atoms with Crippen LogP contribution >= 0.6 is 11.6 Å². The van der Waals surface area contributed by atoms with Crippen molar-refractivity contribution in [1.82, 2.24) is 9.97 Å². The van der Waals surface area contributed by atoms with E-state index in [0.717, 1.165) is 5.56 Å². The van der Waals surface area contributed by atoms with Crippen LogP contribution in [0, 0.1) is 0 Å². The van der Waals surface area contributed by atoms with Crippen LogP contribution in [0.4, 0.5) is 17.3 Å². The first kappa shape index (κ1) is 12.4. The van der Waals surface area contributed by atoms with Gasteiger partial charge in [0.2, 0.25) is 0 Å². The first-order valence-corrected chi connectivity index (χ1v) is 5.85. The molecule has 4 N–H and O–H groups in total. The van der Waals surface area contributed by atoms with Gasteiger partial charge >= 0.3 is 0 Å². The summed E-state index contributed by atoms with van der Waals surface area (Å²) in [5.41, 5.74) is 7.39. The third kappa shape index (κ3) is 2.62. The number of rotatable bonds is 4. The number of nitrogen functional groups attached to an aromatic ring is 1. The van der Waals surface area contributed by atoms with E-state index in [0.29, 0.717) is 28.9 Å². The van der Waals surface area contributed by atoms with E-state index < -0.39 is 0 Å². The molecule has 18 heavy (non-hydrogen) atoms. The number of hydrogen-bond acceptors (Lipinski definition) is 5. The zero-order chi connectivity index (χ0) is 13.0. The molecule has 0 fully saturated rings. The summed E-state index contributed by atoms with van der Waals surface area (Å²) in [6.07, 6.45) is 1.46. The van der Waals surface area contributed by atoms with Crippen molar-refractivity contribution < 1.29 is 0 Å². The van der Waals surface area contributed by atoms with Gasteiger partial charge in [-0.2, -0.15) is 0 Å². The minimum Gasteiger partial charge on any atom is -0.393 e. The topological polar surface area (TPSA) is 75.9 Å². The van der Waals surface area contributed by atoms with Crippen molar-refractivity contribution in [3.05, 3.63) is 41.2 Å². The summed E-state index contributed by atoms with van der Waals surface area (Å²) < 4.78 is 0. The SMILES string of the molecule is CNc1ncnc(NCc2ccccc2Cl)c1N. The van der Waals surface area contributed by atoms with Crippen molar-refractivity contribution in [2.45, 2.75) is 6.54 Å². The number of aromatic nitrogens is 2. The molecule has 0 unspecified atom stereocenters. The molecule has 0 aliphatic heterocycles. The van der Waals surface area contributed by atoms with Crippen LogP contribution in [0.5, 0.6) is 0 Å². The second kappa shape index (κ2) is 5.55. The van der Waals surface area contributed by atoms with Gasteiger partial charge in [-0.3, -0.25) is 0 Å². The monoisotopic (exact) mass is 263 g/mol. The summed E-state index contributed by atoms with van der Waals surface area (Å²) in [6, 6.07) is 7.63. The second-order valence-corrected chi connectivity index (χ2v) is 4.09. The van der Waals surface area contributed by atoms with E-state index in [2.05, 4.69) is 20.6 Å². The van der Waals surface area contributed by atoms with Gasteiger partial charge in [-0.25, -0.2) is 9.97 Å². The second-order valence-electron chi connectivity index (χ2n) is 3.68. The fourth-order valence-corrected chi connectivity index (χ4v) is 1.76. The molecule has 0 radical (unpaired) electrons. The molecule has 94 valence electrons. The Labute approximate surface area is 110 Å². The van der Waals surface area contributed by atoms with Crippen molar-refractivity contribution in [3.63, 3.8) is 0 Å². The van der Waals surface area contributed by atoms with Crippen LogP contribution in [-0.4, -0.2) is 17.0 Å². The van der Waals surface area contributed by atoms with E-state index in [9.17, 15) is 0 Å². The minimum atomic E-state index is 0.493. The summed E-state index contributed by atoms with van der Waals surface area (Å²) in [5, 5.41) is 6.76. The van der Waals surface area contributed by atoms with Crippen LogP contribution < -0.4 is 16.4 Å². The molecule has 0 amide bonds. The average Bonchev–Trinajstić information content (AvgIpc) is 2.39. The molecular formula is C12H14ClN5. The van der Waals surface area contributed by atoms with Gasteiger partial charge in [0, 0.05) is 18.6 Å². The highest BCUT2D eigenvalue weighted by Gasteiger charge is 2.06. The Kier molecular flexibility index (Phi) is 3.84. The molecule has 6 heteroatoms. The first-order valence-electron chi connectivity index (χ1n) is 5.48. The lowest BCUT2D eigenvalue weighted by molar-refractivity contribution is 1.08. The van der Waals surface area contributed by atoms with Gasteiger partial charge in [-0.1, -0.05) is 29.8 Å². The summed E-state index contributed by atoms with van der Waals surface area (Å²) in [6.45, 7) is 0.560. The van der Waals surface area contributed by atoms with E-state index in [1.165, 1.54) is 6.33 Å². The van der Waals surface area contributed by atoms with E-state index in [1.54, 1.807) is 7.05 Å². The Hall–Kier alpha value is -2.01. The summed E-state index contributed by atoms with van der Waals surface area (Å²) >= 11 is 6.07. The Morgan fingerprint density at radius 3 is 2.67 bits per heavy atom. The van der Waals surface area contributed by atoms with E-state index in [1.807, 2.05) is 24.3 Å². The fraction of sp³-hybridized carbons (Fsp3) is 0.167. The maximum absolute atomic E-state index is 6.07. The molecule has 1 aromatic carbocycles. The van der Waals surface area contributed by atoms with Crippen molar-refractivity contribution in [3.8, 4) is 0 Å². The molecule has 2 rings (SSSR count). The molecule has 5 nitrogen and oxygen atoms in total. The number of benzene rings is 1. The smallest absolute Gasteiger partial charge is 0.155 e. The maximum atomic E-state index is 6.07. The molecule has 0 saturated heterocycles. The highest BCUT2D eigenvalue weighted by atomic mass is 35.5. The molecule has 0 aliphatic carbocycles. The molecular weight excluding hydrogens is 250 g/mol. The van der Waals surface area contributed by atoms with Gasteiger partial charge in [-0.15, -0.1) is 0 Å². The highest BCUT2D eigenvalue weighted by molar-refractivity contribution is 6.31. The van der Waals surface area contributed by atoms with Crippen LogP contribution in [-0.2, 0) is 6.54 Å². The highest BCUT2D eigenvalue weighted by Crippen LogP contribution is 2.23. The fourth-order valence-electron chi connectivity index (χ4n) is 1.56. The van der Waals surface area contributed by atoms with Gasteiger partial charge in [0.1, 0.15) is 12.0 Å². The van der Waals surface area contributed by atoms with Crippen molar-refractivity contribution >= 4 is 28.9 Å². The van der Waals surface area contributed by atoms with Crippen LogP contribution in [0.15, 0.2) is 30.6 Å². The maximum Gasteiger partial charge on any atom is 0.155 e. The van der Waals surface area contributed by atoms with Crippen LogP contribution in [0.1, 0.15) is 5.56 Å². The summed E-state index contributed by atoms with van der Waals surface area (Å²) in [7, 11) is 1.76. The zero-order valence-electron chi connectivity index (χ0n) is 9.94. The lowest BCUT2D eigenvalue weighted by Gasteiger charge is -2.11. The number of halogens is 1. The van der Waals surface area contributed by atoms with E-state index in [-0.39, 0.29) is 0 Å². The van der Waals surface area contributed by atoms with Crippen molar-refractivity contribution in [2.24, 2.45) is 0 Å². The number of hydrogen-bond donors (Lipinski definition) is 3. The number of nitrogens with two attached hydrogens (primary N) is 1. The standard InChI is InChI=1S/C12H14ClN5/c1-15-11-10(14)12(18-7-17-11)16-6-8-4-2-3-5-9(8)13/h2-5,7H,6,14H2,1H3,(H2,15,16,17,18). The largest absolute Gasteiger partial charge is 0.393 e. The van der Waals surface area contributed by atoms with Gasteiger partial charge in [-0.05, 0) is 11.6 Å². The lowest BCUT2D eigenvalue weighted by atomic mass is 10.2. The molecule has 0 bridgehead atoms. The van der Waals surface area contributed by atoms with Gasteiger partial charge in [0.15, 0.2) is 11.6 Å². The predicted molar refractivity (Wildman–Crippen MR) is 74.8 cm³/mol. The zero-order valence-corrected chi connectivity index (χ0v) is 10.7. The van der Waals surface area contributed by atoms with Crippen molar-refractivity contribution in [1.29, 1.82) is 0 Å². The van der Waals surface area contributed by atoms with Gasteiger partial charge in [0.05, 0.1) is 0 Å². The molecule has 1 heterocycles. The lowest BCUT2D eigenvalue weighted by Crippen LogP contribution is -2.08. The molecule has 0 aliphatic rings. The van der Waals surface area contributed by atoms with E-state index >= 15 is 0 Å². The Bertz CT molecular complexity index is 544. The Morgan fingerprint density at radius 1 is 1.22 bits per heavy atom. The van der Waals surface area contributed by atoms with Gasteiger partial charge < -0.3 is 16.4 Å². The predicted octanol–water partition coefficient (Wildman–Crippen LogP) is 2.37. The van der Waals surface area contributed by atoms with Crippen LogP contribution in [0.3, 0.4) is 0 Å². The molecule has 2 aromatic rings. The Morgan fingerprint density at radius 2 is 1.94 bits per heavy atom. The van der Waals surface area contributed by atoms with E-state index in [4.69, 9.17) is 17.3 Å². The van der Waals surface area contributed by atoms with Crippen LogP contribution in [0.2, 0.25) is 5.02 Å². The summed E-state index contributed by atoms with van der Waals surface area (Å²) in [4.78, 5) is 8.12. The van der Waals surface area contributed by atoms with Crippen molar-refractivity contribution in [2.75, 3.05) is 23.4 Å². The first-order chi connectivity index (χ1) is 8.72. The average molecular weight is 264 g/mol. The quantitative estimate of drug-likeness (QED) is 0.790. The van der Waals surface area contributed by atoms with Crippen LogP contribution in [0.25, 0.3) is 0 Å². The summed E-state index contributed by atoms with van der Waals surface area (Å²) in [5.74, 6) is 1.20. The minimum absolute atomic E-state index is 0.493. The molecule has 0 saturated carbocycles. The molecule has 0 atom stereocenters. The van der Waals surface area contributed by atoms with Gasteiger partial charge in [0.25, 0.3) is 0 Å². The third-order valence-electron chi connectivity index (χ3n) is 2.52.